The first kappa shape index (κ1) is 14.7. The number of nitrogens with zero attached hydrogens (tertiary/aromatic N) is 2. The first-order valence-corrected chi connectivity index (χ1v) is 7.92. The number of nitrogens with two attached hydrogens (primary N) is 1. The molecule has 122 valence electrons. The normalized spacial score (nSPS) is 14.0. The molecule has 1 aliphatic rings. The topological polar surface area (TPSA) is 72.9 Å². The van der Waals surface area contributed by atoms with Crippen LogP contribution in [0.4, 0.5) is 15.8 Å². The second-order valence-corrected chi connectivity index (χ2v) is 6.25. The van der Waals surface area contributed by atoms with Gasteiger partial charge in [0.15, 0.2) is 0 Å². The maximum absolute atomic E-state index is 13.1. The van der Waals surface area contributed by atoms with Gasteiger partial charge in [0.2, 0.25) is 0 Å². The molecule has 1 aliphatic carbocycles. The standard InChI is InChI=1S/C18H17FN4O/c19-14-4-6-17(15(20)8-14)21-18(24)12-3-5-16-13(7-12)10-23(22-16)9-11-1-2-11/h3-8,10-11H,1-2,9,20H2,(H,21,24). The number of benzene rings is 2. The number of amides is 1. The van der Waals surface area contributed by atoms with Crippen LogP contribution in [0, 0.1) is 11.7 Å². The van der Waals surface area contributed by atoms with Crippen LogP contribution in [0.15, 0.2) is 42.6 Å². The fourth-order valence-corrected chi connectivity index (χ4v) is 2.72. The van der Waals surface area contributed by atoms with E-state index in [2.05, 4.69) is 10.4 Å². The van der Waals surface area contributed by atoms with Gasteiger partial charge in [-0.15, -0.1) is 0 Å². The quantitative estimate of drug-likeness (QED) is 0.722. The second-order valence-electron chi connectivity index (χ2n) is 6.25. The van der Waals surface area contributed by atoms with E-state index in [4.69, 9.17) is 5.73 Å². The number of hydrogen-bond acceptors (Lipinski definition) is 3. The van der Waals surface area contributed by atoms with Crippen molar-refractivity contribution >= 4 is 28.2 Å². The summed E-state index contributed by atoms with van der Waals surface area (Å²) in [5.41, 5.74) is 7.70. The van der Waals surface area contributed by atoms with Gasteiger partial charge in [-0.2, -0.15) is 5.10 Å². The maximum Gasteiger partial charge on any atom is 0.255 e. The van der Waals surface area contributed by atoms with Gasteiger partial charge in [0.1, 0.15) is 5.82 Å². The third-order valence-electron chi connectivity index (χ3n) is 4.22. The third kappa shape index (κ3) is 2.95. The molecule has 0 radical (unpaired) electrons. The largest absolute Gasteiger partial charge is 0.397 e. The summed E-state index contributed by atoms with van der Waals surface area (Å²) in [7, 11) is 0. The molecule has 0 spiro atoms. The summed E-state index contributed by atoms with van der Waals surface area (Å²) in [5.74, 6) is 0.0173. The van der Waals surface area contributed by atoms with E-state index in [-0.39, 0.29) is 11.6 Å². The number of aromatic nitrogens is 2. The van der Waals surface area contributed by atoms with Crippen molar-refractivity contribution in [3.05, 3.63) is 54.0 Å². The zero-order valence-corrected chi connectivity index (χ0v) is 13.0. The maximum atomic E-state index is 13.1. The van der Waals surface area contributed by atoms with Crippen molar-refractivity contribution in [1.82, 2.24) is 9.78 Å². The highest BCUT2D eigenvalue weighted by atomic mass is 19.1. The molecule has 0 saturated heterocycles. The van der Waals surface area contributed by atoms with Crippen molar-refractivity contribution in [1.29, 1.82) is 0 Å². The summed E-state index contributed by atoms with van der Waals surface area (Å²) in [5, 5.41) is 8.16. The van der Waals surface area contributed by atoms with Crippen LogP contribution in [-0.4, -0.2) is 15.7 Å². The molecule has 1 amide bonds. The van der Waals surface area contributed by atoms with E-state index >= 15 is 0 Å². The SMILES string of the molecule is Nc1cc(F)ccc1NC(=O)c1ccc2nn(CC3CC3)cc2c1. The van der Waals surface area contributed by atoms with Gasteiger partial charge in [-0.05, 0) is 55.2 Å². The lowest BCUT2D eigenvalue weighted by Gasteiger charge is -2.08. The van der Waals surface area contributed by atoms with Gasteiger partial charge in [0.25, 0.3) is 5.91 Å². The molecule has 0 aliphatic heterocycles. The Bertz CT molecular complexity index is 930. The average molecular weight is 324 g/mol. The summed E-state index contributed by atoms with van der Waals surface area (Å²) < 4.78 is 15.0. The van der Waals surface area contributed by atoms with Gasteiger partial charge in [0.05, 0.1) is 16.9 Å². The molecule has 5 nitrogen and oxygen atoms in total. The number of anilines is 2. The van der Waals surface area contributed by atoms with Crippen LogP contribution in [0.1, 0.15) is 23.2 Å². The van der Waals surface area contributed by atoms with E-state index in [9.17, 15) is 9.18 Å². The van der Waals surface area contributed by atoms with Crippen LogP contribution in [0.2, 0.25) is 0 Å². The van der Waals surface area contributed by atoms with Crippen LogP contribution < -0.4 is 11.1 Å². The predicted molar refractivity (Wildman–Crippen MR) is 91.2 cm³/mol. The third-order valence-corrected chi connectivity index (χ3v) is 4.22. The lowest BCUT2D eigenvalue weighted by atomic mass is 10.1. The van der Waals surface area contributed by atoms with Crippen LogP contribution in [-0.2, 0) is 6.54 Å². The van der Waals surface area contributed by atoms with Crippen molar-refractivity contribution < 1.29 is 9.18 Å². The predicted octanol–water partition coefficient (Wildman–Crippen LogP) is 3.42. The van der Waals surface area contributed by atoms with E-state index < -0.39 is 5.82 Å². The Morgan fingerprint density at radius 3 is 2.88 bits per heavy atom. The van der Waals surface area contributed by atoms with Gasteiger partial charge in [-0.1, -0.05) is 0 Å². The molecule has 24 heavy (non-hydrogen) atoms. The van der Waals surface area contributed by atoms with Crippen molar-refractivity contribution in [2.24, 2.45) is 5.92 Å². The number of carbonyl (C=O) groups is 1. The summed E-state index contributed by atoms with van der Waals surface area (Å²) in [6, 6.07) is 9.26. The van der Waals surface area contributed by atoms with Gasteiger partial charge in [-0.25, -0.2) is 4.39 Å². The fraction of sp³-hybridized carbons (Fsp3) is 0.222. The number of halogens is 1. The molecular formula is C18H17FN4O. The summed E-state index contributed by atoms with van der Waals surface area (Å²) in [4.78, 5) is 12.4. The van der Waals surface area contributed by atoms with Crippen LogP contribution in [0.3, 0.4) is 0 Å². The summed E-state index contributed by atoms with van der Waals surface area (Å²) >= 11 is 0. The van der Waals surface area contributed by atoms with E-state index in [0.717, 1.165) is 23.4 Å². The molecule has 3 aromatic rings. The minimum Gasteiger partial charge on any atom is -0.397 e. The molecule has 1 aromatic heterocycles. The van der Waals surface area contributed by atoms with Crippen LogP contribution in [0.5, 0.6) is 0 Å². The van der Waals surface area contributed by atoms with Crippen molar-refractivity contribution in [3.8, 4) is 0 Å². The molecular weight excluding hydrogens is 307 g/mol. The Morgan fingerprint density at radius 1 is 1.29 bits per heavy atom. The van der Waals surface area contributed by atoms with Gasteiger partial charge >= 0.3 is 0 Å². The highest BCUT2D eigenvalue weighted by Crippen LogP contribution is 2.31. The number of fused-ring (bicyclic) bond motifs is 1. The lowest BCUT2D eigenvalue weighted by Crippen LogP contribution is -2.13. The Kier molecular flexibility index (Phi) is 3.45. The Labute approximate surface area is 138 Å². The molecule has 0 atom stereocenters. The molecule has 6 heteroatoms. The molecule has 1 fully saturated rings. The number of nitrogen functional groups attached to an aromatic ring is 1. The summed E-state index contributed by atoms with van der Waals surface area (Å²) in [6.07, 6.45) is 4.50. The van der Waals surface area contributed by atoms with E-state index in [1.165, 1.54) is 31.0 Å². The fourth-order valence-electron chi connectivity index (χ4n) is 2.72. The monoisotopic (exact) mass is 324 g/mol. The van der Waals surface area contributed by atoms with Gasteiger partial charge in [0, 0.05) is 23.7 Å². The molecule has 1 saturated carbocycles. The second kappa shape index (κ2) is 5.63. The van der Waals surface area contributed by atoms with Crippen LogP contribution in [0.25, 0.3) is 10.9 Å². The first-order valence-electron chi connectivity index (χ1n) is 7.92. The van der Waals surface area contributed by atoms with Crippen LogP contribution >= 0.6 is 0 Å². The number of hydrogen-bond donors (Lipinski definition) is 2. The Balaban J connectivity index is 1.56. The average Bonchev–Trinajstić information content (AvgIpc) is 3.26. The number of rotatable bonds is 4. The molecule has 1 heterocycles. The first-order chi connectivity index (χ1) is 11.6. The minimum absolute atomic E-state index is 0.196. The van der Waals surface area contributed by atoms with Crippen molar-refractivity contribution in [2.45, 2.75) is 19.4 Å². The minimum atomic E-state index is -0.435. The van der Waals surface area contributed by atoms with E-state index in [1.54, 1.807) is 12.1 Å². The Morgan fingerprint density at radius 2 is 2.12 bits per heavy atom. The smallest absolute Gasteiger partial charge is 0.255 e. The zero-order valence-electron chi connectivity index (χ0n) is 13.0. The number of nitrogens with one attached hydrogen (secondary N) is 1. The van der Waals surface area contributed by atoms with Crippen molar-refractivity contribution in [2.75, 3.05) is 11.1 Å². The number of carbonyl (C=O) groups excluding carboxylic acids is 1. The zero-order chi connectivity index (χ0) is 16.7. The van der Waals surface area contributed by atoms with Crippen molar-refractivity contribution in [3.63, 3.8) is 0 Å². The highest BCUT2D eigenvalue weighted by molar-refractivity contribution is 6.07. The Hall–Kier alpha value is -2.89. The van der Waals surface area contributed by atoms with Gasteiger partial charge < -0.3 is 11.1 Å². The van der Waals surface area contributed by atoms with E-state index in [1.807, 2.05) is 16.9 Å². The lowest BCUT2D eigenvalue weighted by molar-refractivity contribution is 0.102. The molecule has 0 unspecified atom stereocenters. The van der Waals surface area contributed by atoms with Gasteiger partial charge in [-0.3, -0.25) is 9.48 Å². The van der Waals surface area contributed by atoms with E-state index in [0.29, 0.717) is 11.3 Å². The summed E-state index contributed by atoms with van der Waals surface area (Å²) in [6.45, 7) is 0.933. The molecule has 2 aromatic carbocycles. The highest BCUT2D eigenvalue weighted by Gasteiger charge is 2.22. The molecule has 4 rings (SSSR count). The molecule has 0 bridgehead atoms. The molecule has 3 N–H and O–H groups in total.